The van der Waals surface area contributed by atoms with Crippen LogP contribution in [0.2, 0.25) is 0 Å². The largest absolute Gasteiger partial charge is 0.480 e. The average molecular weight is 492 g/mol. The molecular weight excluding hydrogens is 458 g/mol. The molecule has 0 bridgehead atoms. The van der Waals surface area contributed by atoms with Crippen molar-refractivity contribution in [2.45, 2.75) is 56.3 Å². The molecule has 11 nitrogen and oxygen atoms in total. The van der Waals surface area contributed by atoms with Gasteiger partial charge in [0.25, 0.3) is 0 Å². The predicted molar refractivity (Wildman–Crippen MR) is 124 cm³/mol. The zero-order valence-corrected chi connectivity index (χ0v) is 20.0. The van der Waals surface area contributed by atoms with Gasteiger partial charge in [-0.15, -0.1) is 0 Å². The summed E-state index contributed by atoms with van der Waals surface area (Å²) in [5, 5.41) is 14.4. The van der Waals surface area contributed by atoms with Crippen LogP contribution >= 0.6 is 23.5 Å². The summed E-state index contributed by atoms with van der Waals surface area (Å²) in [4.78, 5) is 62.4. The Morgan fingerprint density at radius 2 is 1.62 bits per heavy atom. The Morgan fingerprint density at radius 1 is 1.03 bits per heavy atom. The summed E-state index contributed by atoms with van der Waals surface area (Å²) < 4.78 is 0. The van der Waals surface area contributed by atoms with Gasteiger partial charge >= 0.3 is 5.97 Å². The minimum Gasteiger partial charge on any atom is -0.480 e. The van der Waals surface area contributed by atoms with Crippen LogP contribution in [0.25, 0.3) is 0 Å². The highest BCUT2D eigenvalue weighted by atomic mass is 32.2. The molecular formula is C19H33N5O6S2. The lowest BCUT2D eigenvalue weighted by molar-refractivity contribution is -0.149. The smallest absolute Gasteiger partial charge is 0.326 e. The Balaban J connectivity index is 2.94. The van der Waals surface area contributed by atoms with Crippen LogP contribution in [0.1, 0.15) is 32.1 Å². The van der Waals surface area contributed by atoms with E-state index in [1.54, 1.807) is 11.8 Å². The number of likely N-dealkylation sites (tertiary alicyclic amines) is 1. The van der Waals surface area contributed by atoms with E-state index < -0.39 is 60.2 Å². The number of primary amides is 1. The quantitative estimate of drug-likeness (QED) is 0.198. The maximum Gasteiger partial charge on any atom is 0.326 e. The Bertz CT molecular complexity index is 695. The van der Waals surface area contributed by atoms with Crippen LogP contribution in [0.15, 0.2) is 0 Å². The number of hydrogen-bond acceptors (Lipinski definition) is 8. The molecule has 0 aromatic heterocycles. The van der Waals surface area contributed by atoms with E-state index in [1.165, 1.54) is 11.8 Å². The fraction of sp³-hybridized carbons (Fsp3) is 0.737. The molecule has 1 fully saturated rings. The summed E-state index contributed by atoms with van der Waals surface area (Å²) in [6, 6.07) is -4.08. The number of nitrogens with two attached hydrogens (primary N) is 2. The van der Waals surface area contributed by atoms with Crippen LogP contribution in [0, 0.1) is 0 Å². The minimum atomic E-state index is -1.32. The topological polar surface area (TPSA) is 185 Å². The lowest BCUT2D eigenvalue weighted by Gasteiger charge is -2.28. The molecule has 1 saturated heterocycles. The first-order valence-electron chi connectivity index (χ1n) is 10.3. The highest BCUT2D eigenvalue weighted by molar-refractivity contribution is 7.98. The van der Waals surface area contributed by atoms with Crippen LogP contribution in [-0.4, -0.2) is 94.3 Å². The van der Waals surface area contributed by atoms with Crippen molar-refractivity contribution in [3.63, 3.8) is 0 Å². The van der Waals surface area contributed by atoms with Crippen molar-refractivity contribution >= 4 is 53.1 Å². The Kier molecular flexibility index (Phi) is 12.5. The van der Waals surface area contributed by atoms with Gasteiger partial charge in [-0.2, -0.15) is 23.5 Å². The first-order chi connectivity index (χ1) is 15.1. The molecule has 0 aromatic carbocycles. The van der Waals surface area contributed by atoms with Crippen LogP contribution in [0.4, 0.5) is 0 Å². The minimum absolute atomic E-state index is 0.206. The van der Waals surface area contributed by atoms with Crippen LogP contribution in [0.3, 0.4) is 0 Å². The second kappa shape index (κ2) is 14.2. The van der Waals surface area contributed by atoms with Crippen molar-refractivity contribution in [1.82, 2.24) is 15.5 Å². The SMILES string of the molecule is CSCC[C@H](NC(=O)[C@@H](N)CCSC)C(=O)N[C@@H](CC(N)=O)C(=O)N1CCC[C@H]1C(=O)O. The van der Waals surface area contributed by atoms with Gasteiger partial charge in [-0.05, 0) is 49.7 Å². The predicted octanol–water partition coefficient (Wildman–Crippen LogP) is -1.26. The summed E-state index contributed by atoms with van der Waals surface area (Å²) in [7, 11) is 0. The summed E-state index contributed by atoms with van der Waals surface area (Å²) >= 11 is 3.02. The van der Waals surface area contributed by atoms with Crippen LogP contribution in [-0.2, 0) is 24.0 Å². The maximum absolute atomic E-state index is 12.9. The van der Waals surface area contributed by atoms with Crippen molar-refractivity contribution in [3.8, 4) is 0 Å². The maximum atomic E-state index is 12.9. The van der Waals surface area contributed by atoms with E-state index >= 15 is 0 Å². The third kappa shape index (κ3) is 8.87. The number of nitrogens with zero attached hydrogens (tertiary/aromatic N) is 1. The number of amides is 4. The number of hydrogen-bond donors (Lipinski definition) is 5. The van der Waals surface area contributed by atoms with Gasteiger partial charge in [-0.25, -0.2) is 4.79 Å². The zero-order chi connectivity index (χ0) is 24.3. The van der Waals surface area contributed by atoms with Crippen molar-refractivity contribution in [3.05, 3.63) is 0 Å². The monoisotopic (exact) mass is 491 g/mol. The number of nitrogens with one attached hydrogen (secondary N) is 2. The summed E-state index contributed by atoms with van der Waals surface area (Å²) in [6.07, 6.45) is 4.78. The molecule has 0 aromatic rings. The van der Waals surface area contributed by atoms with Crippen molar-refractivity contribution in [2.24, 2.45) is 11.5 Å². The van der Waals surface area contributed by atoms with Crippen molar-refractivity contribution < 1.29 is 29.1 Å². The highest BCUT2D eigenvalue weighted by Crippen LogP contribution is 2.19. The first-order valence-corrected chi connectivity index (χ1v) is 13.1. The van der Waals surface area contributed by atoms with Gasteiger partial charge in [0, 0.05) is 6.54 Å². The molecule has 0 aliphatic carbocycles. The summed E-state index contributed by atoms with van der Waals surface area (Å²) in [5.74, 6) is -2.55. The number of rotatable bonds is 14. The number of thioether (sulfide) groups is 2. The third-order valence-corrected chi connectivity index (χ3v) is 6.34. The Hall–Kier alpha value is -1.99. The zero-order valence-electron chi connectivity index (χ0n) is 18.4. The van der Waals surface area contributed by atoms with E-state index in [2.05, 4.69) is 10.6 Å². The third-order valence-electron chi connectivity index (χ3n) is 5.05. The van der Waals surface area contributed by atoms with E-state index in [4.69, 9.17) is 11.5 Å². The van der Waals surface area contributed by atoms with E-state index in [9.17, 15) is 29.1 Å². The second-order valence-corrected chi connectivity index (χ2v) is 9.46. The molecule has 1 aliphatic rings. The molecule has 4 atom stereocenters. The Morgan fingerprint density at radius 3 is 2.19 bits per heavy atom. The molecule has 0 spiro atoms. The average Bonchev–Trinajstić information content (AvgIpc) is 3.23. The number of carbonyl (C=O) groups is 5. The standard InChI is InChI=1S/C19H33N5O6S2/c1-31-8-5-11(20)16(26)22-12(6-9-32-2)17(27)23-13(10-15(21)25)18(28)24-7-3-4-14(24)19(29)30/h11-14H,3-10,20H2,1-2H3,(H2,21,25)(H,22,26)(H,23,27)(H,29,30)/t11-,12-,13-,14-/m0/s1. The number of carbonyl (C=O) groups excluding carboxylic acids is 4. The molecule has 1 rings (SSSR count). The summed E-state index contributed by atoms with van der Waals surface area (Å²) in [6.45, 7) is 0.206. The fourth-order valence-corrected chi connectivity index (χ4v) is 4.28. The van der Waals surface area contributed by atoms with Gasteiger partial charge in [0.15, 0.2) is 0 Å². The lowest BCUT2D eigenvalue weighted by Crippen LogP contribution is -2.58. The van der Waals surface area contributed by atoms with E-state index in [-0.39, 0.29) is 13.0 Å². The highest BCUT2D eigenvalue weighted by Gasteiger charge is 2.38. The molecule has 32 heavy (non-hydrogen) atoms. The van der Waals surface area contributed by atoms with Crippen LogP contribution in [0.5, 0.6) is 0 Å². The fourth-order valence-electron chi connectivity index (χ4n) is 3.32. The molecule has 0 unspecified atom stereocenters. The second-order valence-electron chi connectivity index (χ2n) is 7.49. The molecule has 4 amide bonds. The molecule has 0 radical (unpaired) electrons. The normalized spacial score (nSPS) is 18.5. The van der Waals surface area contributed by atoms with Crippen molar-refractivity contribution in [1.29, 1.82) is 0 Å². The van der Waals surface area contributed by atoms with Gasteiger partial charge in [-0.1, -0.05) is 0 Å². The number of aliphatic carboxylic acids is 1. The summed E-state index contributed by atoms with van der Waals surface area (Å²) in [5.41, 5.74) is 11.1. The van der Waals surface area contributed by atoms with Gasteiger partial charge in [0.1, 0.15) is 18.1 Å². The van der Waals surface area contributed by atoms with Gasteiger partial charge in [-0.3, -0.25) is 19.2 Å². The first kappa shape index (κ1) is 28.0. The number of carboxylic acids is 1. The van der Waals surface area contributed by atoms with Crippen molar-refractivity contribution in [2.75, 3.05) is 30.6 Å². The Labute approximate surface area is 196 Å². The van der Waals surface area contributed by atoms with Crippen LogP contribution < -0.4 is 22.1 Å². The van der Waals surface area contributed by atoms with E-state index in [0.717, 1.165) is 4.90 Å². The molecule has 13 heteroatoms. The molecule has 7 N–H and O–H groups in total. The van der Waals surface area contributed by atoms with E-state index in [1.807, 2.05) is 12.5 Å². The van der Waals surface area contributed by atoms with E-state index in [0.29, 0.717) is 30.8 Å². The molecule has 1 heterocycles. The molecule has 1 aliphatic heterocycles. The van der Waals surface area contributed by atoms with Gasteiger partial charge in [0.2, 0.25) is 23.6 Å². The van der Waals surface area contributed by atoms with Gasteiger partial charge < -0.3 is 32.1 Å². The molecule has 0 saturated carbocycles. The lowest BCUT2D eigenvalue weighted by atomic mass is 10.1. The number of carboxylic acid groups (broad SMARTS) is 1. The van der Waals surface area contributed by atoms with Gasteiger partial charge in [0.05, 0.1) is 12.5 Å². The molecule has 182 valence electrons.